The Morgan fingerprint density at radius 1 is 1.17 bits per heavy atom. The highest BCUT2D eigenvalue weighted by molar-refractivity contribution is 5.99. The standard InChI is InChI=1S/C20H19FN6O3/c1-20(2,3)16-9-17(27-30-16)25-19(28)24-11-4-5-15(13(21)8-11)29-14-6-7-22-18-12(14)10-23-26-18/h4-10H,1-3H3,(H,22,23,26)(H2,24,25,27,28). The van der Waals surface area contributed by atoms with Crippen molar-refractivity contribution in [1.82, 2.24) is 20.3 Å². The van der Waals surface area contributed by atoms with E-state index in [2.05, 4.69) is 31.0 Å². The first kappa shape index (κ1) is 19.4. The molecule has 3 N–H and O–H groups in total. The van der Waals surface area contributed by atoms with Gasteiger partial charge in [-0.3, -0.25) is 10.4 Å². The summed E-state index contributed by atoms with van der Waals surface area (Å²) in [6.45, 7) is 5.90. The van der Waals surface area contributed by atoms with Crippen molar-refractivity contribution >= 4 is 28.6 Å². The maximum Gasteiger partial charge on any atom is 0.324 e. The second-order valence-corrected chi connectivity index (χ2v) is 7.59. The van der Waals surface area contributed by atoms with Crippen LogP contribution < -0.4 is 15.4 Å². The molecule has 0 saturated heterocycles. The molecule has 0 aliphatic carbocycles. The highest BCUT2D eigenvalue weighted by atomic mass is 19.1. The third-order valence-electron chi connectivity index (χ3n) is 4.21. The van der Waals surface area contributed by atoms with Crippen LogP contribution in [-0.2, 0) is 5.41 Å². The van der Waals surface area contributed by atoms with Crippen LogP contribution in [0.5, 0.6) is 11.5 Å². The molecule has 4 aromatic rings. The van der Waals surface area contributed by atoms with E-state index in [-0.39, 0.29) is 22.7 Å². The topological polar surface area (TPSA) is 118 Å². The summed E-state index contributed by atoms with van der Waals surface area (Å²) in [5.74, 6) is 0.665. The van der Waals surface area contributed by atoms with Crippen LogP contribution in [0.25, 0.3) is 11.0 Å². The quantitative estimate of drug-likeness (QED) is 0.444. The number of carbonyl (C=O) groups is 1. The Bertz CT molecular complexity index is 1210. The minimum absolute atomic E-state index is 0.000906. The van der Waals surface area contributed by atoms with E-state index in [9.17, 15) is 9.18 Å². The summed E-state index contributed by atoms with van der Waals surface area (Å²) in [5.41, 5.74) is 0.546. The summed E-state index contributed by atoms with van der Waals surface area (Å²) in [7, 11) is 0. The molecule has 0 spiro atoms. The fourth-order valence-corrected chi connectivity index (χ4v) is 2.66. The van der Waals surface area contributed by atoms with Crippen molar-refractivity contribution in [1.29, 1.82) is 0 Å². The van der Waals surface area contributed by atoms with Crippen LogP contribution in [0.15, 0.2) is 47.2 Å². The third kappa shape index (κ3) is 4.07. The number of hydrogen-bond donors (Lipinski definition) is 3. The molecule has 0 atom stereocenters. The highest BCUT2D eigenvalue weighted by Gasteiger charge is 2.20. The smallest absolute Gasteiger partial charge is 0.324 e. The van der Waals surface area contributed by atoms with E-state index in [1.54, 1.807) is 18.3 Å². The Hall–Kier alpha value is -3.95. The lowest BCUT2D eigenvalue weighted by Gasteiger charge is -2.12. The summed E-state index contributed by atoms with van der Waals surface area (Å²) in [6, 6.07) is 6.78. The largest absolute Gasteiger partial charge is 0.453 e. The third-order valence-corrected chi connectivity index (χ3v) is 4.21. The van der Waals surface area contributed by atoms with Gasteiger partial charge in [0.15, 0.2) is 23.0 Å². The predicted octanol–water partition coefficient (Wildman–Crippen LogP) is 4.82. The highest BCUT2D eigenvalue weighted by Crippen LogP contribution is 2.30. The monoisotopic (exact) mass is 410 g/mol. The maximum absolute atomic E-state index is 14.5. The Morgan fingerprint density at radius 3 is 2.73 bits per heavy atom. The fourth-order valence-electron chi connectivity index (χ4n) is 2.66. The van der Waals surface area contributed by atoms with Crippen molar-refractivity contribution in [3.8, 4) is 11.5 Å². The van der Waals surface area contributed by atoms with Gasteiger partial charge in [0, 0.05) is 29.4 Å². The molecule has 0 aliphatic rings. The lowest BCUT2D eigenvalue weighted by molar-refractivity contribution is 0.262. The van der Waals surface area contributed by atoms with Gasteiger partial charge in [-0.25, -0.2) is 14.2 Å². The molecule has 10 heteroatoms. The molecule has 30 heavy (non-hydrogen) atoms. The van der Waals surface area contributed by atoms with Crippen LogP contribution >= 0.6 is 0 Å². The molecule has 3 heterocycles. The molecule has 154 valence electrons. The van der Waals surface area contributed by atoms with Crippen molar-refractivity contribution in [2.24, 2.45) is 0 Å². The molecule has 0 unspecified atom stereocenters. The summed E-state index contributed by atoms with van der Waals surface area (Å²) >= 11 is 0. The van der Waals surface area contributed by atoms with Crippen LogP contribution in [0, 0.1) is 5.82 Å². The van der Waals surface area contributed by atoms with Crippen LogP contribution in [0.2, 0.25) is 0 Å². The Morgan fingerprint density at radius 2 is 2.00 bits per heavy atom. The number of halogens is 1. The van der Waals surface area contributed by atoms with Gasteiger partial charge >= 0.3 is 6.03 Å². The van der Waals surface area contributed by atoms with Gasteiger partial charge in [-0.15, -0.1) is 0 Å². The van der Waals surface area contributed by atoms with Crippen molar-refractivity contribution in [2.75, 3.05) is 10.6 Å². The molecular weight excluding hydrogens is 391 g/mol. The number of fused-ring (bicyclic) bond motifs is 1. The number of H-pyrrole nitrogens is 1. The number of amides is 2. The van der Waals surface area contributed by atoms with Gasteiger partial charge in [-0.1, -0.05) is 25.9 Å². The van der Waals surface area contributed by atoms with E-state index in [1.165, 1.54) is 18.3 Å². The average Bonchev–Trinajstić information content (AvgIpc) is 3.33. The minimum atomic E-state index is -0.641. The molecule has 9 nitrogen and oxygen atoms in total. The number of hydrogen-bond acceptors (Lipinski definition) is 6. The number of benzene rings is 1. The summed E-state index contributed by atoms with van der Waals surface area (Å²) in [4.78, 5) is 16.3. The molecule has 0 fully saturated rings. The van der Waals surface area contributed by atoms with Gasteiger partial charge in [-0.2, -0.15) is 5.10 Å². The first-order valence-corrected chi connectivity index (χ1v) is 9.10. The fraction of sp³-hybridized carbons (Fsp3) is 0.200. The lowest BCUT2D eigenvalue weighted by atomic mass is 9.93. The number of pyridine rings is 1. The Labute approximate surface area is 170 Å². The molecule has 2 amide bonds. The summed E-state index contributed by atoms with van der Waals surface area (Å²) in [6.07, 6.45) is 3.08. The summed E-state index contributed by atoms with van der Waals surface area (Å²) < 4.78 is 25.4. The van der Waals surface area contributed by atoms with E-state index >= 15 is 0 Å². The minimum Gasteiger partial charge on any atom is -0.453 e. The van der Waals surface area contributed by atoms with E-state index in [1.807, 2.05) is 20.8 Å². The molecule has 0 aliphatic heterocycles. The van der Waals surface area contributed by atoms with Gasteiger partial charge in [0.25, 0.3) is 0 Å². The van der Waals surface area contributed by atoms with Crippen LogP contribution in [-0.4, -0.2) is 26.4 Å². The van der Waals surface area contributed by atoms with E-state index < -0.39 is 11.8 Å². The van der Waals surface area contributed by atoms with Gasteiger partial charge in [0.1, 0.15) is 11.5 Å². The van der Waals surface area contributed by atoms with Gasteiger partial charge in [0.2, 0.25) is 0 Å². The lowest BCUT2D eigenvalue weighted by Crippen LogP contribution is -2.19. The summed E-state index contributed by atoms with van der Waals surface area (Å²) in [5, 5.41) is 16.1. The zero-order valence-corrected chi connectivity index (χ0v) is 16.5. The molecule has 0 radical (unpaired) electrons. The van der Waals surface area contributed by atoms with Crippen molar-refractivity contribution < 1.29 is 18.4 Å². The van der Waals surface area contributed by atoms with Gasteiger partial charge in [0.05, 0.1) is 11.6 Å². The van der Waals surface area contributed by atoms with E-state index in [0.717, 1.165) is 6.07 Å². The number of urea groups is 1. The number of nitrogens with zero attached hydrogens (tertiary/aromatic N) is 3. The first-order valence-electron chi connectivity index (χ1n) is 9.10. The van der Waals surface area contributed by atoms with Crippen molar-refractivity contribution in [2.45, 2.75) is 26.2 Å². The Balaban J connectivity index is 1.43. The van der Waals surface area contributed by atoms with E-state index in [4.69, 9.17) is 9.26 Å². The van der Waals surface area contributed by atoms with Gasteiger partial charge < -0.3 is 14.6 Å². The number of aromatic nitrogens is 4. The number of nitrogens with one attached hydrogen (secondary N) is 3. The van der Waals surface area contributed by atoms with Gasteiger partial charge in [-0.05, 0) is 18.2 Å². The van der Waals surface area contributed by atoms with E-state index in [0.29, 0.717) is 22.5 Å². The predicted molar refractivity (Wildman–Crippen MR) is 108 cm³/mol. The normalized spacial score (nSPS) is 11.5. The molecular formula is C20H19FN6O3. The zero-order chi connectivity index (χ0) is 21.3. The van der Waals surface area contributed by atoms with Crippen LogP contribution in [0.3, 0.4) is 0 Å². The number of carbonyl (C=O) groups excluding carboxylic acids is 1. The van der Waals surface area contributed by atoms with Crippen LogP contribution in [0.1, 0.15) is 26.5 Å². The first-order chi connectivity index (χ1) is 14.3. The number of anilines is 2. The molecule has 1 aromatic carbocycles. The maximum atomic E-state index is 14.5. The SMILES string of the molecule is CC(C)(C)c1cc(NC(=O)Nc2ccc(Oc3ccnc4[nH]ncc34)c(F)c2)no1. The molecule has 4 rings (SSSR count). The average molecular weight is 410 g/mol. The molecule has 3 aromatic heterocycles. The second-order valence-electron chi connectivity index (χ2n) is 7.59. The van der Waals surface area contributed by atoms with Crippen LogP contribution in [0.4, 0.5) is 20.7 Å². The number of rotatable bonds is 4. The van der Waals surface area contributed by atoms with Crippen molar-refractivity contribution in [3.63, 3.8) is 0 Å². The number of ether oxygens (including phenoxy) is 1. The molecule has 0 bridgehead atoms. The van der Waals surface area contributed by atoms with Crippen molar-refractivity contribution in [3.05, 3.63) is 54.3 Å². The number of aromatic amines is 1. The second kappa shape index (κ2) is 7.47. The molecule has 0 saturated carbocycles. The Kier molecular flexibility index (Phi) is 4.82. The zero-order valence-electron chi connectivity index (χ0n) is 16.5.